The second-order valence-electron chi connectivity index (χ2n) is 4.40. The van der Waals surface area contributed by atoms with Crippen LogP contribution in [0.3, 0.4) is 0 Å². The number of nitrogens with one attached hydrogen (secondary N) is 1. The molecule has 1 aromatic heterocycles. The molecule has 1 fully saturated rings. The predicted octanol–water partition coefficient (Wildman–Crippen LogP) is 0.0693. The normalized spacial score (nSPS) is 31.4. The van der Waals surface area contributed by atoms with Crippen molar-refractivity contribution < 1.29 is 19.4 Å². The Morgan fingerprint density at radius 3 is 2.42 bits per heavy atom. The quantitative estimate of drug-likeness (QED) is 0.746. The zero-order chi connectivity index (χ0) is 13.4. The van der Waals surface area contributed by atoms with Crippen LogP contribution in [0, 0.1) is 11.8 Å². The third-order valence-corrected chi connectivity index (χ3v) is 3.29. The molecule has 0 unspecified atom stereocenters. The number of carbonyl (C=O) groups is 2. The van der Waals surface area contributed by atoms with Gasteiger partial charge in [-0.15, -0.1) is 0 Å². The minimum atomic E-state index is -1.04. The summed E-state index contributed by atoms with van der Waals surface area (Å²) < 4.78 is 5.42. The van der Waals surface area contributed by atoms with Gasteiger partial charge in [-0.05, 0) is 6.07 Å². The van der Waals surface area contributed by atoms with E-state index in [1.54, 1.807) is 18.2 Å². The molecule has 4 atom stereocenters. The Morgan fingerprint density at radius 2 is 1.79 bits per heavy atom. The van der Waals surface area contributed by atoms with Crippen molar-refractivity contribution in [2.75, 3.05) is 5.32 Å². The first-order valence-electron chi connectivity index (χ1n) is 5.81. The third-order valence-electron chi connectivity index (χ3n) is 3.29. The van der Waals surface area contributed by atoms with Gasteiger partial charge in [0.2, 0.25) is 11.9 Å². The average Bonchev–Trinajstić information content (AvgIpc) is 2.99. The van der Waals surface area contributed by atoms with Crippen molar-refractivity contribution in [3.63, 3.8) is 0 Å². The zero-order valence-corrected chi connectivity index (χ0v) is 9.76. The molecule has 0 radical (unpaired) electrons. The molecule has 0 saturated carbocycles. The number of fused-ring (bicyclic) bond motifs is 2. The summed E-state index contributed by atoms with van der Waals surface area (Å²) >= 11 is 0. The van der Waals surface area contributed by atoms with Gasteiger partial charge in [0.15, 0.2) is 0 Å². The number of aromatic nitrogens is 2. The SMILES string of the molecule is O=C(O)[C@@H]1[C@@H](C(=O)Nc2ncccn2)[C@H]2C=C[C@H]1O2. The zero-order valence-electron chi connectivity index (χ0n) is 9.76. The highest BCUT2D eigenvalue weighted by molar-refractivity contribution is 5.95. The van der Waals surface area contributed by atoms with Crippen LogP contribution >= 0.6 is 0 Å². The van der Waals surface area contributed by atoms with Crippen molar-refractivity contribution in [1.82, 2.24) is 9.97 Å². The van der Waals surface area contributed by atoms with E-state index < -0.39 is 35.9 Å². The van der Waals surface area contributed by atoms with Gasteiger partial charge in [-0.1, -0.05) is 12.2 Å². The Kier molecular flexibility index (Phi) is 2.75. The number of nitrogens with zero attached hydrogens (tertiary/aromatic N) is 2. The molecule has 1 amide bonds. The van der Waals surface area contributed by atoms with E-state index in [1.165, 1.54) is 12.4 Å². The van der Waals surface area contributed by atoms with E-state index in [2.05, 4.69) is 15.3 Å². The van der Waals surface area contributed by atoms with Gasteiger partial charge in [-0.2, -0.15) is 0 Å². The van der Waals surface area contributed by atoms with Crippen molar-refractivity contribution in [3.8, 4) is 0 Å². The molecule has 3 heterocycles. The van der Waals surface area contributed by atoms with Crippen molar-refractivity contribution >= 4 is 17.8 Å². The maximum Gasteiger partial charge on any atom is 0.310 e. The molecule has 2 N–H and O–H groups in total. The number of carboxylic acid groups (broad SMARTS) is 1. The van der Waals surface area contributed by atoms with Gasteiger partial charge in [0, 0.05) is 12.4 Å². The first-order chi connectivity index (χ1) is 9.16. The van der Waals surface area contributed by atoms with Crippen LogP contribution in [0.25, 0.3) is 0 Å². The number of hydrogen-bond acceptors (Lipinski definition) is 5. The second-order valence-corrected chi connectivity index (χ2v) is 4.40. The molecule has 98 valence electrons. The number of rotatable bonds is 3. The summed E-state index contributed by atoms with van der Waals surface area (Å²) in [7, 11) is 0. The van der Waals surface area contributed by atoms with Crippen molar-refractivity contribution in [1.29, 1.82) is 0 Å². The Labute approximate surface area is 108 Å². The number of hydrogen-bond donors (Lipinski definition) is 2. The Balaban J connectivity index is 1.79. The molecule has 7 heteroatoms. The first kappa shape index (κ1) is 11.8. The van der Waals surface area contributed by atoms with Crippen molar-refractivity contribution in [2.24, 2.45) is 11.8 Å². The monoisotopic (exact) mass is 261 g/mol. The third kappa shape index (κ3) is 1.97. The van der Waals surface area contributed by atoms with Crippen LogP contribution in [0.1, 0.15) is 0 Å². The highest BCUT2D eigenvalue weighted by Gasteiger charge is 2.53. The summed E-state index contributed by atoms with van der Waals surface area (Å²) in [4.78, 5) is 31.1. The number of carboxylic acids is 1. The molecular weight excluding hydrogens is 250 g/mol. The van der Waals surface area contributed by atoms with E-state index in [0.29, 0.717) is 0 Å². The Morgan fingerprint density at radius 1 is 1.16 bits per heavy atom. The van der Waals surface area contributed by atoms with Crippen molar-refractivity contribution in [3.05, 3.63) is 30.6 Å². The lowest BCUT2D eigenvalue weighted by atomic mass is 9.82. The van der Waals surface area contributed by atoms with E-state index >= 15 is 0 Å². The van der Waals surface area contributed by atoms with Crippen LogP contribution in [-0.4, -0.2) is 39.2 Å². The van der Waals surface area contributed by atoms with Gasteiger partial charge in [-0.25, -0.2) is 9.97 Å². The van der Waals surface area contributed by atoms with Gasteiger partial charge in [-0.3, -0.25) is 14.9 Å². The summed E-state index contributed by atoms with van der Waals surface area (Å²) in [5, 5.41) is 11.7. The molecule has 0 spiro atoms. The van der Waals surface area contributed by atoms with Gasteiger partial charge in [0.25, 0.3) is 0 Å². The highest BCUT2D eigenvalue weighted by Crippen LogP contribution is 2.39. The fourth-order valence-corrected chi connectivity index (χ4v) is 2.47. The standard InChI is InChI=1S/C12H11N3O4/c16-10(15-12-13-4-1-5-14-12)8-6-2-3-7(19-6)9(8)11(17)18/h1-9H,(H,17,18)(H,13,14,15,16)/t6-,7-,8+,9+/m1/s1. The molecule has 0 aliphatic carbocycles. The Bertz CT molecular complexity index is 545. The fourth-order valence-electron chi connectivity index (χ4n) is 2.47. The van der Waals surface area contributed by atoms with Gasteiger partial charge in [0.1, 0.15) is 5.92 Å². The molecule has 19 heavy (non-hydrogen) atoms. The highest BCUT2D eigenvalue weighted by atomic mass is 16.5. The lowest BCUT2D eigenvalue weighted by molar-refractivity contribution is -0.145. The minimum Gasteiger partial charge on any atom is -0.481 e. The molecular formula is C12H11N3O4. The van der Waals surface area contributed by atoms with Crippen LogP contribution in [-0.2, 0) is 14.3 Å². The van der Waals surface area contributed by atoms with Gasteiger partial charge < -0.3 is 9.84 Å². The van der Waals surface area contributed by atoms with Gasteiger partial charge >= 0.3 is 5.97 Å². The number of aliphatic carboxylic acids is 1. The van der Waals surface area contributed by atoms with E-state index in [-0.39, 0.29) is 5.95 Å². The lowest BCUT2D eigenvalue weighted by Gasteiger charge is -2.20. The molecule has 2 aliphatic rings. The summed E-state index contributed by atoms with van der Waals surface area (Å²) in [5.41, 5.74) is 0. The summed E-state index contributed by atoms with van der Waals surface area (Å²) in [5.74, 6) is -2.93. The predicted molar refractivity (Wildman–Crippen MR) is 63.1 cm³/mol. The second kappa shape index (κ2) is 4.43. The number of amides is 1. The Hall–Kier alpha value is -2.28. The van der Waals surface area contributed by atoms with E-state index in [0.717, 1.165) is 0 Å². The molecule has 1 saturated heterocycles. The summed E-state index contributed by atoms with van der Waals surface area (Å²) in [6.45, 7) is 0. The van der Waals surface area contributed by atoms with Crippen LogP contribution < -0.4 is 5.32 Å². The van der Waals surface area contributed by atoms with E-state index in [9.17, 15) is 14.7 Å². The van der Waals surface area contributed by atoms with Crippen LogP contribution in [0.15, 0.2) is 30.6 Å². The minimum absolute atomic E-state index is 0.156. The summed E-state index contributed by atoms with van der Waals surface area (Å²) in [6.07, 6.45) is 5.37. The number of ether oxygens (including phenoxy) is 1. The van der Waals surface area contributed by atoms with E-state index in [4.69, 9.17) is 4.74 Å². The summed E-state index contributed by atoms with van der Waals surface area (Å²) in [6, 6.07) is 1.62. The molecule has 3 rings (SSSR count). The molecule has 1 aromatic rings. The fraction of sp³-hybridized carbons (Fsp3) is 0.333. The molecule has 7 nitrogen and oxygen atoms in total. The number of carbonyl (C=O) groups excluding carboxylic acids is 1. The van der Waals surface area contributed by atoms with Crippen LogP contribution in [0.4, 0.5) is 5.95 Å². The van der Waals surface area contributed by atoms with Crippen molar-refractivity contribution in [2.45, 2.75) is 12.2 Å². The maximum atomic E-state index is 12.2. The largest absolute Gasteiger partial charge is 0.481 e. The molecule has 2 bridgehead atoms. The van der Waals surface area contributed by atoms with E-state index in [1.807, 2.05) is 0 Å². The maximum absolute atomic E-state index is 12.2. The topological polar surface area (TPSA) is 101 Å². The lowest BCUT2D eigenvalue weighted by Crippen LogP contribution is -2.39. The smallest absolute Gasteiger partial charge is 0.310 e. The number of anilines is 1. The molecule has 0 aromatic carbocycles. The van der Waals surface area contributed by atoms with Crippen LogP contribution in [0.5, 0.6) is 0 Å². The average molecular weight is 261 g/mol. The van der Waals surface area contributed by atoms with Gasteiger partial charge in [0.05, 0.1) is 18.1 Å². The van der Waals surface area contributed by atoms with Crippen LogP contribution in [0.2, 0.25) is 0 Å². The molecule has 2 aliphatic heterocycles. The first-order valence-corrected chi connectivity index (χ1v) is 5.81.